The molecule has 1 heterocycles. The van der Waals surface area contributed by atoms with Crippen LogP contribution >= 0.6 is 0 Å². The summed E-state index contributed by atoms with van der Waals surface area (Å²) in [5.41, 5.74) is 3.97. The van der Waals surface area contributed by atoms with E-state index in [-0.39, 0.29) is 0 Å². The number of hydrogen-bond acceptors (Lipinski definition) is 3. The number of amides is 3. The molecule has 2 atom stereocenters. The lowest BCUT2D eigenvalue weighted by molar-refractivity contribution is -0.144. The zero-order valence-electron chi connectivity index (χ0n) is 12.0. The number of piperidine rings is 1. The van der Waals surface area contributed by atoms with Crippen molar-refractivity contribution in [3.63, 3.8) is 0 Å². The fraction of sp³-hybridized carbons (Fsp3) is 0.769. The summed E-state index contributed by atoms with van der Waals surface area (Å²) >= 11 is 0. The first-order valence-corrected chi connectivity index (χ1v) is 6.93. The van der Waals surface area contributed by atoms with Gasteiger partial charge in [-0.05, 0) is 32.6 Å². The molecule has 7 nitrogen and oxygen atoms in total. The molecule has 0 spiro atoms. The predicted molar refractivity (Wildman–Crippen MR) is 73.0 cm³/mol. The Labute approximate surface area is 118 Å². The maximum absolute atomic E-state index is 12.3. The van der Waals surface area contributed by atoms with E-state index >= 15 is 0 Å². The number of carboxylic acids is 1. The normalized spacial score (nSPS) is 21.9. The largest absolute Gasteiger partial charge is 0.480 e. The third-order valence-corrected chi connectivity index (χ3v) is 3.70. The molecule has 0 aliphatic carbocycles. The lowest BCUT2D eigenvalue weighted by Crippen LogP contribution is -2.60. The van der Waals surface area contributed by atoms with E-state index in [1.165, 1.54) is 11.8 Å². The molecule has 1 fully saturated rings. The average molecular weight is 285 g/mol. The molecule has 0 bridgehead atoms. The Balaban J connectivity index is 2.82. The highest BCUT2D eigenvalue weighted by Crippen LogP contribution is 2.19. The van der Waals surface area contributed by atoms with Crippen LogP contribution in [0.2, 0.25) is 0 Å². The number of hydrogen-bond donors (Lipinski definition) is 3. The van der Waals surface area contributed by atoms with Gasteiger partial charge < -0.3 is 21.1 Å². The third-order valence-electron chi connectivity index (χ3n) is 3.70. The number of nitrogens with zero attached hydrogens (tertiary/aromatic N) is 1. The Morgan fingerprint density at radius 3 is 2.55 bits per heavy atom. The minimum Gasteiger partial charge on any atom is -0.480 e. The number of nitrogens with one attached hydrogen (secondary N) is 1. The molecule has 7 heteroatoms. The Morgan fingerprint density at radius 2 is 2.05 bits per heavy atom. The molecular weight excluding hydrogens is 262 g/mol. The second kappa shape index (κ2) is 6.58. The molecule has 1 aliphatic heterocycles. The standard InChI is InChI=1S/C13H23N3O4/c1-3-7-13(2,11(18)19)15-12(20)16-8-5-4-6-9(16)10(14)17/h9H,3-8H2,1-2H3,(H2,14,17)(H,15,20)(H,18,19). The summed E-state index contributed by atoms with van der Waals surface area (Å²) < 4.78 is 0. The molecule has 3 amide bonds. The zero-order chi connectivity index (χ0) is 15.3. The molecule has 20 heavy (non-hydrogen) atoms. The van der Waals surface area contributed by atoms with Crippen LogP contribution in [0.1, 0.15) is 46.0 Å². The SMILES string of the molecule is CCCC(C)(NC(=O)N1CCCCC1C(N)=O)C(=O)O. The molecule has 0 radical (unpaired) electrons. The van der Waals surface area contributed by atoms with Crippen LogP contribution in [-0.2, 0) is 9.59 Å². The number of urea groups is 1. The van der Waals surface area contributed by atoms with Gasteiger partial charge in [0.1, 0.15) is 11.6 Å². The van der Waals surface area contributed by atoms with Crippen molar-refractivity contribution in [3.05, 3.63) is 0 Å². The molecular formula is C13H23N3O4. The first-order valence-electron chi connectivity index (χ1n) is 6.93. The quantitative estimate of drug-likeness (QED) is 0.689. The molecule has 0 aromatic carbocycles. The minimum absolute atomic E-state index is 0.323. The first kappa shape index (κ1) is 16.3. The van der Waals surface area contributed by atoms with Crippen molar-refractivity contribution in [1.29, 1.82) is 0 Å². The molecule has 0 saturated carbocycles. The van der Waals surface area contributed by atoms with Gasteiger partial charge in [0.15, 0.2) is 0 Å². The van der Waals surface area contributed by atoms with Gasteiger partial charge in [0.2, 0.25) is 5.91 Å². The number of nitrogens with two attached hydrogens (primary N) is 1. The number of primary amides is 1. The Morgan fingerprint density at radius 1 is 1.40 bits per heavy atom. The van der Waals surface area contributed by atoms with Gasteiger partial charge in [-0.1, -0.05) is 13.3 Å². The highest BCUT2D eigenvalue weighted by atomic mass is 16.4. The highest BCUT2D eigenvalue weighted by Gasteiger charge is 2.38. The van der Waals surface area contributed by atoms with Crippen molar-refractivity contribution in [1.82, 2.24) is 10.2 Å². The van der Waals surface area contributed by atoms with Crippen LogP contribution in [0.15, 0.2) is 0 Å². The van der Waals surface area contributed by atoms with Gasteiger partial charge in [0.25, 0.3) is 0 Å². The van der Waals surface area contributed by atoms with E-state index in [2.05, 4.69) is 5.32 Å². The average Bonchev–Trinajstić information content (AvgIpc) is 2.38. The smallest absolute Gasteiger partial charge is 0.329 e. The summed E-state index contributed by atoms with van der Waals surface area (Å²) in [6, 6.07) is -1.18. The summed E-state index contributed by atoms with van der Waals surface area (Å²) in [5.74, 6) is -1.63. The van der Waals surface area contributed by atoms with E-state index in [1.54, 1.807) is 0 Å². The molecule has 4 N–H and O–H groups in total. The minimum atomic E-state index is -1.33. The molecule has 1 aliphatic rings. The van der Waals surface area contributed by atoms with Gasteiger partial charge in [0.05, 0.1) is 0 Å². The number of aliphatic carboxylic acids is 1. The summed E-state index contributed by atoms with van der Waals surface area (Å²) in [4.78, 5) is 36.3. The van der Waals surface area contributed by atoms with Crippen LogP contribution < -0.4 is 11.1 Å². The van der Waals surface area contributed by atoms with Gasteiger partial charge in [-0.15, -0.1) is 0 Å². The Bertz CT molecular complexity index is 399. The van der Waals surface area contributed by atoms with E-state index < -0.39 is 29.5 Å². The predicted octanol–water partition coefficient (Wildman–Crippen LogP) is 0.679. The van der Waals surface area contributed by atoms with Crippen LogP contribution in [0, 0.1) is 0 Å². The molecule has 1 saturated heterocycles. The molecule has 1 rings (SSSR count). The fourth-order valence-corrected chi connectivity index (χ4v) is 2.50. The summed E-state index contributed by atoms with van der Waals surface area (Å²) in [6.07, 6.45) is 3.10. The molecule has 0 aromatic heterocycles. The van der Waals surface area contributed by atoms with Gasteiger partial charge >= 0.3 is 12.0 Å². The van der Waals surface area contributed by atoms with Crippen LogP contribution in [0.5, 0.6) is 0 Å². The van der Waals surface area contributed by atoms with Gasteiger partial charge in [-0.3, -0.25) is 4.79 Å². The van der Waals surface area contributed by atoms with Crippen molar-refractivity contribution in [2.75, 3.05) is 6.54 Å². The second-order valence-electron chi connectivity index (χ2n) is 5.42. The van der Waals surface area contributed by atoms with E-state index in [1.807, 2.05) is 6.92 Å². The van der Waals surface area contributed by atoms with E-state index in [0.717, 1.165) is 12.8 Å². The van der Waals surface area contributed by atoms with Crippen molar-refractivity contribution in [2.24, 2.45) is 5.73 Å². The van der Waals surface area contributed by atoms with Crippen molar-refractivity contribution >= 4 is 17.9 Å². The number of carboxylic acid groups (broad SMARTS) is 1. The van der Waals surface area contributed by atoms with E-state index in [9.17, 15) is 19.5 Å². The maximum atomic E-state index is 12.3. The van der Waals surface area contributed by atoms with Gasteiger partial charge in [0, 0.05) is 6.54 Å². The van der Waals surface area contributed by atoms with Gasteiger partial charge in [-0.25, -0.2) is 9.59 Å². The molecule has 114 valence electrons. The Kier molecular flexibility index (Phi) is 5.35. The highest BCUT2D eigenvalue weighted by molar-refractivity contribution is 5.89. The lowest BCUT2D eigenvalue weighted by Gasteiger charge is -2.36. The summed E-state index contributed by atoms with van der Waals surface area (Å²) in [5, 5.41) is 11.8. The lowest BCUT2D eigenvalue weighted by atomic mass is 9.96. The summed E-state index contributed by atoms with van der Waals surface area (Å²) in [6.45, 7) is 3.74. The number of likely N-dealkylation sites (tertiary alicyclic amines) is 1. The second-order valence-corrected chi connectivity index (χ2v) is 5.42. The van der Waals surface area contributed by atoms with Crippen LogP contribution in [0.4, 0.5) is 4.79 Å². The van der Waals surface area contributed by atoms with Crippen molar-refractivity contribution < 1.29 is 19.5 Å². The number of rotatable bonds is 5. The third kappa shape index (κ3) is 3.61. The monoisotopic (exact) mass is 285 g/mol. The molecule has 2 unspecified atom stereocenters. The maximum Gasteiger partial charge on any atom is 0.329 e. The van der Waals surface area contributed by atoms with Crippen LogP contribution in [0.25, 0.3) is 0 Å². The van der Waals surface area contributed by atoms with E-state index in [0.29, 0.717) is 25.8 Å². The van der Waals surface area contributed by atoms with E-state index in [4.69, 9.17) is 5.73 Å². The van der Waals surface area contributed by atoms with Crippen molar-refractivity contribution in [2.45, 2.75) is 57.5 Å². The number of carbonyl (C=O) groups is 3. The van der Waals surface area contributed by atoms with Crippen LogP contribution in [-0.4, -0.2) is 46.0 Å². The topological polar surface area (TPSA) is 113 Å². The van der Waals surface area contributed by atoms with Gasteiger partial charge in [-0.2, -0.15) is 0 Å². The van der Waals surface area contributed by atoms with Crippen LogP contribution in [0.3, 0.4) is 0 Å². The summed E-state index contributed by atoms with van der Waals surface area (Å²) in [7, 11) is 0. The van der Waals surface area contributed by atoms with Crippen molar-refractivity contribution in [3.8, 4) is 0 Å². The number of carbonyl (C=O) groups excluding carboxylic acids is 2. The Hall–Kier alpha value is -1.79. The first-order chi connectivity index (χ1) is 9.31. The fourth-order valence-electron chi connectivity index (χ4n) is 2.50. The molecule has 0 aromatic rings. The zero-order valence-corrected chi connectivity index (χ0v) is 12.0.